The average Bonchev–Trinajstić information content (AvgIpc) is 3.03. The summed E-state index contributed by atoms with van der Waals surface area (Å²) < 4.78 is 1.54. The van der Waals surface area contributed by atoms with Crippen LogP contribution in [0, 0.1) is 5.92 Å². The molecule has 0 bridgehead atoms. The van der Waals surface area contributed by atoms with Gasteiger partial charge in [0.25, 0.3) is 5.56 Å². The third-order valence-electron chi connectivity index (χ3n) is 4.79. The van der Waals surface area contributed by atoms with Gasteiger partial charge in [0.2, 0.25) is 5.91 Å². The molecule has 5 nitrogen and oxygen atoms in total. The molecule has 0 spiro atoms. The molecule has 0 saturated heterocycles. The quantitative estimate of drug-likeness (QED) is 0.817. The lowest BCUT2D eigenvalue weighted by molar-refractivity contribution is -0.130. The average molecular weight is 366 g/mol. The smallest absolute Gasteiger partial charge is 0.258 e. The number of thiazole rings is 1. The Morgan fingerprint density at radius 2 is 2.25 bits per heavy atom. The first-order valence-corrected chi connectivity index (χ1v) is 10.4. The van der Waals surface area contributed by atoms with Gasteiger partial charge in [-0.25, -0.2) is 4.98 Å². The summed E-state index contributed by atoms with van der Waals surface area (Å²) in [6.07, 6.45) is 6.55. The lowest BCUT2D eigenvalue weighted by Crippen LogP contribution is -2.43. The van der Waals surface area contributed by atoms with Crippen molar-refractivity contribution in [3.05, 3.63) is 33.7 Å². The van der Waals surface area contributed by atoms with Crippen molar-refractivity contribution in [3.8, 4) is 0 Å². The molecule has 1 amide bonds. The summed E-state index contributed by atoms with van der Waals surface area (Å²) in [7, 11) is 1.93. The predicted molar refractivity (Wildman–Crippen MR) is 99.7 cm³/mol. The normalized spacial score (nSPS) is 21.1. The molecule has 2 atom stereocenters. The van der Waals surface area contributed by atoms with Gasteiger partial charge < -0.3 is 4.90 Å². The van der Waals surface area contributed by atoms with Crippen LogP contribution in [0.2, 0.25) is 0 Å². The lowest BCUT2D eigenvalue weighted by Gasteiger charge is -2.36. The highest BCUT2D eigenvalue weighted by atomic mass is 32.2. The number of carbonyl (C=O) groups is 1. The second-order valence-corrected chi connectivity index (χ2v) is 8.33. The van der Waals surface area contributed by atoms with E-state index in [1.165, 1.54) is 42.4 Å². The van der Waals surface area contributed by atoms with E-state index < -0.39 is 0 Å². The summed E-state index contributed by atoms with van der Waals surface area (Å²) in [5, 5.41) is 1.85. The molecule has 0 aromatic carbocycles. The highest BCUT2D eigenvalue weighted by Gasteiger charge is 2.27. The molecule has 130 valence electrons. The number of rotatable bonds is 5. The van der Waals surface area contributed by atoms with Gasteiger partial charge >= 0.3 is 0 Å². The van der Waals surface area contributed by atoms with Crippen molar-refractivity contribution in [1.82, 2.24) is 14.3 Å². The number of aromatic nitrogens is 2. The number of thioether (sulfide) groups is 1. The van der Waals surface area contributed by atoms with E-state index >= 15 is 0 Å². The molecule has 1 fully saturated rings. The Labute approximate surface area is 150 Å². The standard InChI is InChI=1S/C17H23N3O2S2/c1-12-5-3-4-6-14(12)19(2)16(22)11-23-10-13-9-15(21)20-7-8-24-17(20)18-13/h7-9,12,14H,3-6,10-11H2,1-2H3. The molecule has 7 heteroatoms. The Morgan fingerprint density at radius 1 is 1.46 bits per heavy atom. The molecule has 2 unspecified atom stereocenters. The highest BCUT2D eigenvalue weighted by molar-refractivity contribution is 7.99. The van der Waals surface area contributed by atoms with Crippen LogP contribution in [0.4, 0.5) is 0 Å². The van der Waals surface area contributed by atoms with Crippen LogP contribution in [0.3, 0.4) is 0 Å². The molecular weight excluding hydrogens is 342 g/mol. The van der Waals surface area contributed by atoms with Crippen LogP contribution in [0.15, 0.2) is 22.4 Å². The van der Waals surface area contributed by atoms with Crippen LogP contribution in [0.5, 0.6) is 0 Å². The van der Waals surface area contributed by atoms with Gasteiger partial charge in [0.05, 0.1) is 11.4 Å². The second kappa shape index (κ2) is 7.70. The molecule has 0 radical (unpaired) electrons. The molecular formula is C17H23N3O2S2. The van der Waals surface area contributed by atoms with Crippen LogP contribution in [0.25, 0.3) is 4.96 Å². The molecule has 24 heavy (non-hydrogen) atoms. The van der Waals surface area contributed by atoms with Gasteiger partial charge in [0.1, 0.15) is 0 Å². The second-order valence-electron chi connectivity index (χ2n) is 6.47. The van der Waals surface area contributed by atoms with Crippen molar-refractivity contribution in [2.75, 3.05) is 12.8 Å². The van der Waals surface area contributed by atoms with Gasteiger partial charge in [0, 0.05) is 36.5 Å². The summed E-state index contributed by atoms with van der Waals surface area (Å²) in [6.45, 7) is 2.24. The number of nitrogens with zero attached hydrogens (tertiary/aromatic N) is 3. The van der Waals surface area contributed by atoms with Crippen LogP contribution >= 0.6 is 23.1 Å². The predicted octanol–water partition coefficient (Wildman–Crippen LogP) is 3.03. The van der Waals surface area contributed by atoms with Crippen molar-refractivity contribution in [2.24, 2.45) is 5.92 Å². The van der Waals surface area contributed by atoms with E-state index in [9.17, 15) is 9.59 Å². The third-order valence-corrected chi connectivity index (χ3v) is 6.50. The van der Waals surface area contributed by atoms with E-state index in [-0.39, 0.29) is 11.5 Å². The highest BCUT2D eigenvalue weighted by Crippen LogP contribution is 2.27. The van der Waals surface area contributed by atoms with E-state index in [0.29, 0.717) is 28.4 Å². The first-order valence-electron chi connectivity index (χ1n) is 8.35. The fourth-order valence-electron chi connectivity index (χ4n) is 3.36. The molecule has 0 N–H and O–H groups in total. The van der Waals surface area contributed by atoms with Crippen molar-refractivity contribution < 1.29 is 4.79 Å². The van der Waals surface area contributed by atoms with Gasteiger partial charge in [-0.2, -0.15) is 0 Å². The van der Waals surface area contributed by atoms with E-state index in [1.54, 1.807) is 16.7 Å². The zero-order valence-corrected chi connectivity index (χ0v) is 15.7. The molecule has 1 aliphatic carbocycles. The fraction of sp³-hybridized carbons (Fsp3) is 0.588. The molecule has 0 aliphatic heterocycles. The van der Waals surface area contributed by atoms with Gasteiger partial charge in [-0.15, -0.1) is 23.1 Å². The summed E-state index contributed by atoms with van der Waals surface area (Å²) in [4.78, 5) is 31.5. The van der Waals surface area contributed by atoms with Gasteiger partial charge in [-0.3, -0.25) is 14.0 Å². The monoisotopic (exact) mass is 365 g/mol. The van der Waals surface area contributed by atoms with E-state index in [1.807, 2.05) is 17.3 Å². The maximum Gasteiger partial charge on any atom is 0.258 e. The number of carbonyl (C=O) groups excluding carboxylic acids is 1. The minimum Gasteiger partial charge on any atom is -0.342 e. The van der Waals surface area contributed by atoms with Gasteiger partial charge in [0.15, 0.2) is 4.96 Å². The van der Waals surface area contributed by atoms with Gasteiger partial charge in [-0.05, 0) is 18.8 Å². The number of hydrogen-bond donors (Lipinski definition) is 0. The molecule has 1 aliphatic rings. The van der Waals surface area contributed by atoms with E-state index in [4.69, 9.17) is 0 Å². The Hall–Kier alpha value is -1.34. The lowest BCUT2D eigenvalue weighted by atomic mass is 9.85. The maximum absolute atomic E-state index is 12.4. The molecule has 1 saturated carbocycles. The first-order chi connectivity index (χ1) is 11.6. The Balaban J connectivity index is 1.55. The summed E-state index contributed by atoms with van der Waals surface area (Å²) >= 11 is 2.98. The Bertz CT molecular complexity index is 771. The molecule has 2 aromatic rings. The molecule has 2 aromatic heterocycles. The van der Waals surface area contributed by atoms with E-state index in [2.05, 4.69) is 11.9 Å². The van der Waals surface area contributed by atoms with Crippen molar-refractivity contribution in [1.29, 1.82) is 0 Å². The van der Waals surface area contributed by atoms with Gasteiger partial charge in [-0.1, -0.05) is 19.8 Å². The minimum absolute atomic E-state index is 0.0590. The minimum atomic E-state index is -0.0590. The first kappa shape index (κ1) is 17.5. The van der Waals surface area contributed by atoms with Crippen molar-refractivity contribution in [3.63, 3.8) is 0 Å². The Morgan fingerprint density at radius 3 is 3.04 bits per heavy atom. The SMILES string of the molecule is CC1CCCCC1N(C)C(=O)CSCc1cc(=O)n2ccsc2n1. The van der Waals surface area contributed by atoms with Crippen molar-refractivity contribution in [2.45, 2.75) is 44.4 Å². The van der Waals surface area contributed by atoms with Crippen molar-refractivity contribution >= 4 is 34.0 Å². The number of hydrogen-bond acceptors (Lipinski definition) is 5. The van der Waals surface area contributed by atoms with Crippen LogP contribution in [0.1, 0.15) is 38.3 Å². The third kappa shape index (κ3) is 3.83. The van der Waals surface area contributed by atoms with Crippen LogP contribution in [-0.4, -0.2) is 39.0 Å². The summed E-state index contributed by atoms with van der Waals surface area (Å²) in [6, 6.07) is 1.93. The zero-order valence-electron chi connectivity index (χ0n) is 14.1. The van der Waals surface area contributed by atoms with Crippen LogP contribution in [-0.2, 0) is 10.5 Å². The Kier molecular flexibility index (Phi) is 5.61. The van der Waals surface area contributed by atoms with E-state index in [0.717, 1.165) is 12.1 Å². The maximum atomic E-state index is 12.4. The molecule has 3 rings (SSSR count). The number of amides is 1. The fourth-order valence-corrected chi connectivity index (χ4v) is 4.94. The number of fused-ring (bicyclic) bond motifs is 1. The largest absolute Gasteiger partial charge is 0.342 e. The summed E-state index contributed by atoms with van der Waals surface area (Å²) in [5.74, 6) is 1.78. The zero-order chi connectivity index (χ0) is 17.1. The molecule has 2 heterocycles. The topological polar surface area (TPSA) is 54.7 Å². The van der Waals surface area contributed by atoms with Crippen LogP contribution < -0.4 is 5.56 Å². The summed E-state index contributed by atoms with van der Waals surface area (Å²) in [5.41, 5.74) is 0.685.